The van der Waals surface area contributed by atoms with Gasteiger partial charge in [-0.15, -0.1) is 0 Å². The average molecular weight is 527 g/mol. The van der Waals surface area contributed by atoms with E-state index in [0.717, 1.165) is 16.7 Å². The molecule has 0 unspecified atom stereocenters. The van der Waals surface area contributed by atoms with E-state index < -0.39 is 5.60 Å². The van der Waals surface area contributed by atoms with E-state index in [1.165, 1.54) is 0 Å². The SMILES string of the molecule is CC(C)(C)OC(=O)CCCOc1cccc(-c2ccc(OCc3ccccc3)nc2OCc2ccccc2)n1. The van der Waals surface area contributed by atoms with Crippen LogP contribution < -0.4 is 14.2 Å². The summed E-state index contributed by atoms with van der Waals surface area (Å²) in [5.41, 5.74) is 2.95. The van der Waals surface area contributed by atoms with Crippen LogP contribution in [0.2, 0.25) is 0 Å². The van der Waals surface area contributed by atoms with Crippen LogP contribution in [0.25, 0.3) is 11.3 Å². The first kappa shape index (κ1) is 27.6. The molecule has 2 heterocycles. The Balaban J connectivity index is 1.46. The van der Waals surface area contributed by atoms with Crippen LogP contribution in [-0.2, 0) is 22.7 Å². The Bertz CT molecular complexity index is 1340. The Hall–Kier alpha value is -4.39. The van der Waals surface area contributed by atoms with Crippen molar-refractivity contribution in [3.8, 4) is 28.9 Å². The van der Waals surface area contributed by atoms with Crippen LogP contribution in [-0.4, -0.2) is 28.1 Å². The predicted octanol–water partition coefficient (Wildman–Crippen LogP) is 6.80. The van der Waals surface area contributed by atoms with E-state index in [9.17, 15) is 4.79 Å². The van der Waals surface area contributed by atoms with Crippen molar-refractivity contribution in [1.29, 1.82) is 0 Å². The quantitative estimate of drug-likeness (QED) is 0.148. The van der Waals surface area contributed by atoms with Crippen molar-refractivity contribution in [2.75, 3.05) is 6.61 Å². The third-order valence-electron chi connectivity index (χ3n) is 5.48. The van der Waals surface area contributed by atoms with E-state index in [1.54, 1.807) is 6.07 Å². The van der Waals surface area contributed by atoms with Crippen molar-refractivity contribution in [3.63, 3.8) is 0 Å². The minimum Gasteiger partial charge on any atom is -0.478 e. The molecule has 0 fully saturated rings. The maximum atomic E-state index is 11.9. The number of rotatable bonds is 12. The fraction of sp³-hybridized carbons (Fsp3) is 0.281. The molecular weight excluding hydrogens is 492 g/mol. The Morgan fingerprint density at radius 2 is 1.33 bits per heavy atom. The second-order valence-electron chi connectivity index (χ2n) is 9.95. The molecule has 0 radical (unpaired) electrons. The Morgan fingerprint density at radius 1 is 0.692 bits per heavy atom. The number of benzene rings is 2. The molecule has 0 saturated carbocycles. The summed E-state index contributed by atoms with van der Waals surface area (Å²) in [5.74, 6) is 1.09. The molecule has 0 atom stereocenters. The number of aromatic nitrogens is 2. The van der Waals surface area contributed by atoms with Crippen LogP contribution in [0.3, 0.4) is 0 Å². The highest BCUT2D eigenvalue weighted by atomic mass is 16.6. The molecule has 0 saturated heterocycles. The van der Waals surface area contributed by atoms with E-state index in [1.807, 2.05) is 106 Å². The Morgan fingerprint density at radius 3 is 2.00 bits per heavy atom. The molecular formula is C32H34N2O5. The lowest BCUT2D eigenvalue weighted by Gasteiger charge is -2.19. The van der Waals surface area contributed by atoms with Gasteiger partial charge in [-0.05, 0) is 50.5 Å². The van der Waals surface area contributed by atoms with E-state index in [-0.39, 0.29) is 12.4 Å². The van der Waals surface area contributed by atoms with Crippen LogP contribution >= 0.6 is 0 Å². The lowest BCUT2D eigenvalue weighted by Crippen LogP contribution is -2.24. The standard InChI is InChI=1S/C32H34N2O5/c1-32(2,3)39-30(35)18-11-21-36-28-17-10-16-27(33-28)26-19-20-29(37-22-24-12-6-4-7-13-24)34-31(26)38-23-25-14-8-5-9-15-25/h4-10,12-17,19-20H,11,18,21-23H2,1-3H3. The van der Waals surface area contributed by atoms with E-state index in [0.29, 0.717) is 49.6 Å². The maximum absolute atomic E-state index is 11.9. The first-order chi connectivity index (χ1) is 18.9. The number of esters is 1. The van der Waals surface area contributed by atoms with Crippen molar-refractivity contribution >= 4 is 5.97 Å². The molecule has 0 amide bonds. The topological polar surface area (TPSA) is 79.8 Å². The highest BCUT2D eigenvalue weighted by Crippen LogP contribution is 2.31. The third-order valence-corrected chi connectivity index (χ3v) is 5.48. The summed E-state index contributed by atoms with van der Waals surface area (Å²) in [6.45, 7) is 6.65. The second-order valence-corrected chi connectivity index (χ2v) is 9.95. The molecule has 4 rings (SSSR count). The van der Waals surface area contributed by atoms with Gasteiger partial charge in [0.2, 0.25) is 17.6 Å². The van der Waals surface area contributed by atoms with Crippen LogP contribution in [0.5, 0.6) is 17.6 Å². The van der Waals surface area contributed by atoms with Gasteiger partial charge in [-0.2, -0.15) is 4.98 Å². The van der Waals surface area contributed by atoms with Gasteiger partial charge in [-0.1, -0.05) is 66.7 Å². The zero-order valence-corrected chi connectivity index (χ0v) is 22.6. The number of nitrogens with zero attached hydrogens (tertiary/aromatic N) is 2. The van der Waals surface area contributed by atoms with E-state index in [4.69, 9.17) is 18.9 Å². The number of carbonyl (C=O) groups excluding carboxylic acids is 1. The highest BCUT2D eigenvalue weighted by molar-refractivity contribution is 5.69. The molecule has 0 aliphatic rings. The van der Waals surface area contributed by atoms with Crippen molar-refractivity contribution < 1.29 is 23.7 Å². The molecule has 4 aromatic rings. The molecule has 7 nitrogen and oxygen atoms in total. The van der Waals surface area contributed by atoms with Crippen molar-refractivity contribution in [1.82, 2.24) is 9.97 Å². The predicted molar refractivity (Wildman–Crippen MR) is 150 cm³/mol. The van der Waals surface area contributed by atoms with Gasteiger partial charge in [0.1, 0.15) is 18.8 Å². The summed E-state index contributed by atoms with van der Waals surface area (Å²) in [4.78, 5) is 21.3. The summed E-state index contributed by atoms with van der Waals surface area (Å²) in [6, 6.07) is 29.1. The van der Waals surface area contributed by atoms with E-state index in [2.05, 4.69) is 9.97 Å². The van der Waals surface area contributed by atoms with Crippen molar-refractivity contribution in [3.05, 3.63) is 102 Å². The van der Waals surface area contributed by atoms with Crippen LogP contribution in [0.4, 0.5) is 0 Å². The van der Waals surface area contributed by atoms with Crippen LogP contribution in [0, 0.1) is 0 Å². The fourth-order valence-electron chi connectivity index (χ4n) is 3.70. The first-order valence-electron chi connectivity index (χ1n) is 13.0. The fourth-order valence-corrected chi connectivity index (χ4v) is 3.70. The van der Waals surface area contributed by atoms with Crippen molar-refractivity contribution in [2.45, 2.75) is 52.4 Å². The number of ether oxygens (including phenoxy) is 4. The molecule has 0 bridgehead atoms. The molecule has 39 heavy (non-hydrogen) atoms. The zero-order valence-electron chi connectivity index (χ0n) is 22.6. The smallest absolute Gasteiger partial charge is 0.306 e. The Labute approximate surface area is 229 Å². The summed E-state index contributed by atoms with van der Waals surface area (Å²) < 4.78 is 23.3. The van der Waals surface area contributed by atoms with Crippen LogP contribution in [0.15, 0.2) is 91.0 Å². The van der Waals surface area contributed by atoms with Crippen molar-refractivity contribution in [2.24, 2.45) is 0 Å². The van der Waals surface area contributed by atoms with E-state index >= 15 is 0 Å². The molecule has 7 heteroatoms. The van der Waals surface area contributed by atoms with Gasteiger partial charge in [0.05, 0.1) is 17.9 Å². The number of pyridine rings is 2. The monoisotopic (exact) mass is 526 g/mol. The van der Waals surface area contributed by atoms with Gasteiger partial charge in [-0.3, -0.25) is 4.79 Å². The summed E-state index contributed by atoms with van der Waals surface area (Å²) >= 11 is 0. The maximum Gasteiger partial charge on any atom is 0.306 e. The van der Waals surface area contributed by atoms with Gasteiger partial charge in [0.25, 0.3) is 0 Å². The van der Waals surface area contributed by atoms with Gasteiger partial charge in [0.15, 0.2) is 0 Å². The highest BCUT2D eigenvalue weighted by Gasteiger charge is 2.16. The third kappa shape index (κ3) is 9.14. The average Bonchev–Trinajstić information content (AvgIpc) is 2.93. The minimum absolute atomic E-state index is 0.242. The zero-order chi connectivity index (χ0) is 27.5. The van der Waals surface area contributed by atoms with Gasteiger partial charge >= 0.3 is 5.97 Å². The minimum atomic E-state index is -0.496. The molecule has 0 N–H and O–H groups in total. The summed E-state index contributed by atoms with van der Waals surface area (Å²) in [7, 11) is 0. The molecule has 0 aliphatic carbocycles. The first-order valence-corrected chi connectivity index (χ1v) is 13.0. The van der Waals surface area contributed by atoms with Gasteiger partial charge < -0.3 is 18.9 Å². The molecule has 0 spiro atoms. The number of hydrogen-bond acceptors (Lipinski definition) is 7. The van der Waals surface area contributed by atoms with Gasteiger partial charge in [0, 0.05) is 18.6 Å². The molecule has 2 aromatic heterocycles. The normalized spacial score (nSPS) is 11.1. The lowest BCUT2D eigenvalue weighted by molar-refractivity contribution is -0.155. The lowest BCUT2D eigenvalue weighted by atomic mass is 10.1. The number of hydrogen-bond donors (Lipinski definition) is 0. The van der Waals surface area contributed by atoms with Crippen LogP contribution in [0.1, 0.15) is 44.7 Å². The second kappa shape index (κ2) is 13.4. The summed E-state index contributed by atoms with van der Waals surface area (Å²) in [6.07, 6.45) is 0.810. The Kier molecular flexibility index (Phi) is 9.51. The number of carbonyl (C=O) groups is 1. The largest absolute Gasteiger partial charge is 0.478 e. The molecule has 2 aromatic carbocycles. The summed E-state index contributed by atoms with van der Waals surface area (Å²) in [5, 5.41) is 0. The molecule has 0 aliphatic heterocycles. The molecule has 202 valence electrons. The van der Waals surface area contributed by atoms with Gasteiger partial charge in [-0.25, -0.2) is 4.98 Å².